The molecule has 0 N–H and O–H groups in total. The fourth-order valence-corrected chi connectivity index (χ4v) is 1.93. The van der Waals surface area contributed by atoms with Gasteiger partial charge in [-0.15, -0.1) is 0 Å². The topological polar surface area (TPSA) is 87.5 Å². The number of hydrogen-bond donors (Lipinski definition) is 0. The Morgan fingerprint density at radius 1 is 1.50 bits per heavy atom. The van der Waals surface area contributed by atoms with Crippen LogP contribution in [-0.4, -0.2) is 43.7 Å². The third kappa shape index (κ3) is 3.63. The van der Waals surface area contributed by atoms with Gasteiger partial charge < -0.3 is 14.4 Å². The number of rotatable bonds is 4. The zero-order valence-corrected chi connectivity index (χ0v) is 11.3. The first-order valence-electron chi connectivity index (χ1n) is 6.35. The summed E-state index contributed by atoms with van der Waals surface area (Å²) in [5.74, 6) is 0.533. The predicted molar refractivity (Wildman–Crippen MR) is 72.9 cm³/mol. The van der Waals surface area contributed by atoms with Gasteiger partial charge in [-0.2, -0.15) is 0 Å². The molecule has 1 aliphatic rings. The van der Waals surface area contributed by atoms with Crippen LogP contribution in [0.3, 0.4) is 0 Å². The third-order valence-electron chi connectivity index (χ3n) is 3.05. The van der Waals surface area contributed by atoms with E-state index in [0.717, 1.165) is 5.56 Å². The molecule has 20 heavy (non-hydrogen) atoms. The van der Waals surface area contributed by atoms with Gasteiger partial charge in [-0.25, -0.2) is 0 Å². The van der Waals surface area contributed by atoms with Crippen molar-refractivity contribution in [3.63, 3.8) is 0 Å². The maximum Gasteiger partial charge on any atom is 0.260 e. The first-order chi connectivity index (χ1) is 9.70. The first kappa shape index (κ1) is 14.2. The number of amides is 1. The summed E-state index contributed by atoms with van der Waals surface area (Å²) >= 11 is 0. The largest absolute Gasteiger partial charge is 0.484 e. The van der Waals surface area contributed by atoms with Gasteiger partial charge in [0, 0.05) is 23.7 Å². The lowest BCUT2D eigenvalue weighted by atomic mass is 10.2. The molecule has 1 heterocycles. The van der Waals surface area contributed by atoms with E-state index in [9.17, 15) is 4.79 Å². The molecule has 2 rings (SSSR count). The number of hydrogen-bond acceptors (Lipinski definition) is 4. The lowest BCUT2D eigenvalue weighted by molar-refractivity contribution is -0.137. The molecule has 106 valence electrons. The Kier molecular flexibility index (Phi) is 4.81. The van der Waals surface area contributed by atoms with Gasteiger partial charge in [-0.3, -0.25) is 4.79 Å². The van der Waals surface area contributed by atoms with Crippen molar-refractivity contribution < 1.29 is 14.3 Å². The van der Waals surface area contributed by atoms with E-state index in [1.807, 2.05) is 6.92 Å². The number of ether oxygens (including phenoxy) is 2. The standard InChI is InChI=1S/C13H16N4O3/c1-10-8-11(2-3-12(10)15-16-14)20-9-13(18)17-4-6-19-7-5-17/h2-3,8H,4-7,9H2,1H3. The summed E-state index contributed by atoms with van der Waals surface area (Å²) < 4.78 is 10.7. The Labute approximate surface area is 116 Å². The molecule has 0 atom stereocenters. The van der Waals surface area contributed by atoms with Crippen LogP contribution in [0.5, 0.6) is 5.75 Å². The average molecular weight is 276 g/mol. The van der Waals surface area contributed by atoms with Crippen LogP contribution in [0.1, 0.15) is 5.56 Å². The summed E-state index contributed by atoms with van der Waals surface area (Å²) in [7, 11) is 0. The van der Waals surface area contributed by atoms with Crippen molar-refractivity contribution in [2.45, 2.75) is 6.92 Å². The zero-order valence-electron chi connectivity index (χ0n) is 11.3. The number of azide groups is 1. The maximum atomic E-state index is 11.9. The molecule has 0 unspecified atom stereocenters. The smallest absolute Gasteiger partial charge is 0.260 e. The Morgan fingerprint density at radius 3 is 2.90 bits per heavy atom. The lowest BCUT2D eigenvalue weighted by Gasteiger charge is -2.26. The maximum absolute atomic E-state index is 11.9. The van der Waals surface area contributed by atoms with Gasteiger partial charge >= 0.3 is 0 Å². The molecule has 7 heteroatoms. The van der Waals surface area contributed by atoms with Crippen molar-refractivity contribution in [2.75, 3.05) is 32.9 Å². The molecule has 1 aromatic carbocycles. The molecule has 1 aliphatic heterocycles. The molecule has 7 nitrogen and oxygen atoms in total. The minimum Gasteiger partial charge on any atom is -0.484 e. The van der Waals surface area contributed by atoms with Crippen molar-refractivity contribution in [3.05, 3.63) is 34.2 Å². The van der Waals surface area contributed by atoms with Crippen molar-refractivity contribution >= 4 is 11.6 Å². The highest BCUT2D eigenvalue weighted by atomic mass is 16.5. The van der Waals surface area contributed by atoms with Gasteiger partial charge in [0.1, 0.15) is 5.75 Å². The van der Waals surface area contributed by atoms with E-state index >= 15 is 0 Å². The molecule has 0 bridgehead atoms. The number of morpholine rings is 1. The van der Waals surface area contributed by atoms with Crippen LogP contribution < -0.4 is 4.74 Å². The lowest BCUT2D eigenvalue weighted by Crippen LogP contribution is -2.42. The van der Waals surface area contributed by atoms with Gasteiger partial charge in [0.25, 0.3) is 5.91 Å². The van der Waals surface area contributed by atoms with E-state index < -0.39 is 0 Å². The van der Waals surface area contributed by atoms with Gasteiger partial charge in [0.15, 0.2) is 6.61 Å². The van der Waals surface area contributed by atoms with E-state index in [4.69, 9.17) is 15.0 Å². The first-order valence-corrected chi connectivity index (χ1v) is 6.35. The van der Waals surface area contributed by atoms with Crippen molar-refractivity contribution in [2.24, 2.45) is 5.11 Å². The van der Waals surface area contributed by atoms with Crippen LogP contribution in [0.4, 0.5) is 5.69 Å². The van der Waals surface area contributed by atoms with Crippen molar-refractivity contribution in [3.8, 4) is 5.75 Å². The normalized spacial score (nSPS) is 14.6. The molecule has 1 fully saturated rings. The van der Waals surface area contributed by atoms with E-state index in [0.29, 0.717) is 37.7 Å². The van der Waals surface area contributed by atoms with Crippen molar-refractivity contribution in [1.82, 2.24) is 4.90 Å². The number of benzene rings is 1. The predicted octanol–water partition coefficient (Wildman–Crippen LogP) is 2.17. The van der Waals surface area contributed by atoms with Gasteiger partial charge in [0.2, 0.25) is 0 Å². The summed E-state index contributed by atoms with van der Waals surface area (Å²) in [5, 5.41) is 3.55. The molecule has 0 aromatic heterocycles. The number of carbonyl (C=O) groups excluding carboxylic acids is 1. The molecule has 1 amide bonds. The fourth-order valence-electron chi connectivity index (χ4n) is 1.93. The highest BCUT2D eigenvalue weighted by Gasteiger charge is 2.17. The van der Waals surface area contributed by atoms with Crippen LogP contribution in [-0.2, 0) is 9.53 Å². The minimum atomic E-state index is -0.0509. The summed E-state index contributed by atoms with van der Waals surface area (Å²) in [4.78, 5) is 16.4. The highest BCUT2D eigenvalue weighted by molar-refractivity contribution is 5.77. The summed E-state index contributed by atoms with van der Waals surface area (Å²) in [5.41, 5.74) is 9.76. The number of aryl methyl sites for hydroxylation is 1. The molecule has 0 spiro atoms. The SMILES string of the molecule is Cc1cc(OCC(=O)N2CCOCC2)ccc1N=[N+]=[N-]. The Balaban J connectivity index is 1.91. The number of nitrogens with zero attached hydrogens (tertiary/aromatic N) is 4. The minimum absolute atomic E-state index is 0.000302. The number of carbonyl (C=O) groups is 1. The van der Waals surface area contributed by atoms with Crippen LogP contribution in [0.2, 0.25) is 0 Å². The monoisotopic (exact) mass is 276 g/mol. The molecule has 0 aliphatic carbocycles. The summed E-state index contributed by atoms with van der Waals surface area (Å²) in [6, 6.07) is 5.10. The Hall–Kier alpha value is -2.24. The third-order valence-corrected chi connectivity index (χ3v) is 3.05. The molecule has 1 saturated heterocycles. The van der Waals surface area contributed by atoms with Crippen LogP contribution in [0, 0.1) is 6.92 Å². The van der Waals surface area contributed by atoms with E-state index in [1.54, 1.807) is 23.1 Å². The molecular weight excluding hydrogens is 260 g/mol. The summed E-state index contributed by atoms with van der Waals surface area (Å²) in [6.07, 6.45) is 0. The quantitative estimate of drug-likeness (QED) is 0.479. The molecule has 0 radical (unpaired) electrons. The molecular formula is C13H16N4O3. The van der Waals surface area contributed by atoms with Gasteiger partial charge in [0.05, 0.1) is 13.2 Å². The van der Waals surface area contributed by atoms with Crippen LogP contribution in [0.25, 0.3) is 10.4 Å². The Morgan fingerprint density at radius 2 is 2.25 bits per heavy atom. The second-order valence-electron chi connectivity index (χ2n) is 4.42. The van der Waals surface area contributed by atoms with Crippen LogP contribution >= 0.6 is 0 Å². The van der Waals surface area contributed by atoms with E-state index in [2.05, 4.69) is 10.0 Å². The molecule has 0 saturated carbocycles. The fraction of sp³-hybridized carbons (Fsp3) is 0.462. The van der Waals surface area contributed by atoms with Gasteiger partial charge in [-0.05, 0) is 36.2 Å². The van der Waals surface area contributed by atoms with Crippen molar-refractivity contribution in [1.29, 1.82) is 0 Å². The van der Waals surface area contributed by atoms with E-state index in [-0.39, 0.29) is 12.5 Å². The van der Waals surface area contributed by atoms with Gasteiger partial charge in [-0.1, -0.05) is 5.11 Å². The second-order valence-corrected chi connectivity index (χ2v) is 4.42. The van der Waals surface area contributed by atoms with Crippen LogP contribution in [0.15, 0.2) is 23.3 Å². The highest BCUT2D eigenvalue weighted by Crippen LogP contribution is 2.23. The summed E-state index contributed by atoms with van der Waals surface area (Å²) in [6.45, 7) is 4.19. The van der Waals surface area contributed by atoms with E-state index in [1.165, 1.54) is 0 Å². The second kappa shape index (κ2) is 6.79. The average Bonchev–Trinajstić information content (AvgIpc) is 2.48. The Bertz CT molecular complexity index is 534. The molecule has 1 aromatic rings. The zero-order chi connectivity index (χ0) is 14.4.